The van der Waals surface area contributed by atoms with Crippen molar-refractivity contribution in [2.45, 2.75) is 57.2 Å². The van der Waals surface area contributed by atoms with Crippen LogP contribution in [0.25, 0.3) is 0 Å². The zero-order valence-corrected chi connectivity index (χ0v) is 17.9. The van der Waals surface area contributed by atoms with Crippen molar-refractivity contribution in [2.24, 2.45) is 0 Å². The van der Waals surface area contributed by atoms with Gasteiger partial charge in [0.05, 0.1) is 25.4 Å². The van der Waals surface area contributed by atoms with Crippen LogP contribution in [0.5, 0.6) is 0 Å². The molecule has 0 unspecified atom stereocenters. The van der Waals surface area contributed by atoms with E-state index >= 15 is 0 Å². The predicted molar refractivity (Wildman–Crippen MR) is 103 cm³/mol. The second kappa shape index (κ2) is 11.0. The molecule has 3 atom stereocenters. The number of carboxylic acids is 1. The number of likely N-dealkylation sites (tertiary alicyclic amines) is 1. The Morgan fingerprint density at radius 2 is 1.94 bits per heavy atom. The third-order valence-corrected chi connectivity index (χ3v) is 5.18. The van der Waals surface area contributed by atoms with E-state index in [1.165, 1.54) is 0 Å². The molecule has 0 saturated carbocycles. The van der Waals surface area contributed by atoms with Gasteiger partial charge in [-0.2, -0.15) is 13.2 Å². The molecule has 176 valence electrons. The van der Waals surface area contributed by atoms with Crippen LogP contribution >= 0.6 is 0 Å². The van der Waals surface area contributed by atoms with Gasteiger partial charge in [-0.3, -0.25) is 9.69 Å². The van der Waals surface area contributed by atoms with Gasteiger partial charge >= 0.3 is 12.1 Å². The van der Waals surface area contributed by atoms with Crippen LogP contribution in [0, 0.1) is 6.92 Å². The number of furan rings is 1. The molecule has 2 fully saturated rings. The molecule has 8 nitrogen and oxygen atoms in total. The average molecular weight is 450 g/mol. The highest BCUT2D eigenvalue weighted by Gasteiger charge is 2.40. The summed E-state index contributed by atoms with van der Waals surface area (Å²) < 4.78 is 49.2. The van der Waals surface area contributed by atoms with Crippen molar-refractivity contribution in [3.63, 3.8) is 0 Å². The van der Waals surface area contributed by atoms with E-state index in [2.05, 4.69) is 11.0 Å². The number of amides is 1. The van der Waals surface area contributed by atoms with Crippen molar-refractivity contribution in [2.75, 3.05) is 33.9 Å². The summed E-state index contributed by atoms with van der Waals surface area (Å²) in [5.41, 5.74) is 0. The Kier molecular flexibility index (Phi) is 8.90. The molecule has 1 amide bonds. The molecule has 2 saturated heterocycles. The number of carbonyl (C=O) groups is 2. The molecule has 3 rings (SSSR count). The molecular formula is C20H29F3N2O6. The highest BCUT2D eigenvalue weighted by atomic mass is 19.4. The molecule has 0 radical (unpaired) electrons. The van der Waals surface area contributed by atoms with Gasteiger partial charge < -0.3 is 23.9 Å². The third kappa shape index (κ3) is 7.82. The summed E-state index contributed by atoms with van der Waals surface area (Å²) in [6.45, 7) is 4.51. The number of hydrogen-bond donors (Lipinski definition) is 1. The van der Waals surface area contributed by atoms with Crippen molar-refractivity contribution in [3.8, 4) is 0 Å². The van der Waals surface area contributed by atoms with Crippen molar-refractivity contribution in [1.29, 1.82) is 0 Å². The normalized spacial score (nSPS) is 23.6. The quantitative estimate of drug-likeness (QED) is 0.712. The van der Waals surface area contributed by atoms with Gasteiger partial charge in [-0.05, 0) is 38.3 Å². The van der Waals surface area contributed by atoms with Gasteiger partial charge in [0.25, 0.3) is 0 Å². The molecule has 0 aromatic carbocycles. The van der Waals surface area contributed by atoms with Gasteiger partial charge in [0.2, 0.25) is 5.91 Å². The monoisotopic (exact) mass is 450 g/mol. The van der Waals surface area contributed by atoms with Crippen LogP contribution in [-0.4, -0.2) is 85.1 Å². The number of ether oxygens (including phenoxy) is 2. The first-order chi connectivity index (χ1) is 14.5. The molecule has 0 spiro atoms. The second-order valence-electron chi connectivity index (χ2n) is 7.82. The molecular weight excluding hydrogens is 421 g/mol. The van der Waals surface area contributed by atoms with E-state index in [-0.39, 0.29) is 24.7 Å². The summed E-state index contributed by atoms with van der Waals surface area (Å²) in [7, 11) is 3.47. The smallest absolute Gasteiger partial charge is 0.475 e. The van der Waals surface area contributed by atoms with E-state index in [4.69, 9.17) is 23.8 Å². The van der Waals surface area contributed by atoms with Crippen LogP contribution in [-0.2, 0) is 25.6 Å². The third-order valence-electron chi connectivity index (χ3n) is 5.18. The molecule has 31 heavy (non-hydrogen) atoms. The predicted octanol–water partition coefficient (Wildman–Crippen LogP) is 2.45. The number of aliphatic carboxylic acids is 1. The van der Waals surface area contributed by atoms with Gasteiger partial charge in [0, 0.05) is 26.7 Å². The SMILES string of the molecule is Cc1ccc(CN2CC[C@H]3O[C@@H](COCC(=O)N(C)C)CC[C@H]32)o1.O=C(O)C(F)(F)F. The number of carboxylic acid groups (broad SMARTS) is 1. The van der Waals surface area contributed by atoms with Crippen LogP contribution < -0.4 is 0 Å². The Hall–Kier alpha value is -2.11. The first kappa shape index (κ1) is 25.2. The largest absolute Gasteiger partial charge is 0.490 e. The van der Waals surface area contributed by atoms with Crippen molar-refractivity contribution in [3.05, 3.63) is 23.7 Å². The molecule has 0 bridgehead atoms. The van der Waals surface area contributed by atoms with Gasteiger partial charge in [-0.1, -0.05) is 0 Å². The fourth-order valence-electron chi connectivity index (χ4n) is 3.58. The van der Waals surface area contributed by atoms with Crippen molar-refractivity contribution < 1.29 is 41.8 Å². The minimum atomic E-state index is -5.08. The van der Waals surface area contributed by atoms with Crippen LogP contribution in [0.3, 0.4) is 0 Å². The Morgan fingerprint density at radius 3 is 2.48 bits per heavy atom. The highest BCUT2D eigenvalue weighted by Crippen LogP contribution is 2.32. The minimum absolute atomic E-state index is 0.00975. The van der Waals surface area contributed by atoms with Gasteiger partial charge in [0.1, 0.15) is 18.1 Å². The number of alkyl halides is 3. The summed E-state index contributed by atoms with van der Waals surface area (Å²) in [5, 5.41) is 7.12. The zero-order valence-electron chi connectivity index (χ0n) is 17.9. The van der Waals surface area contributed by atoms with E-state index in [9.17, 15) is 18.0 Å². The molecule has 2 aliphatic heterocycles. The second-order valence-corrected chi connectivity index (χ2v) is 7.82. The number of rotatable bonds is 6. The van der Waals surface area contributed by atoms with Gasteiger partial charge in [0.15, 0.2) is 0 Å². The summed E-state index contributed by atoms with van der Waals surface area (Å²) in [5.74, 6) is -0.775. The van der Waals surface area contributed by atoms with Crippen molar-refractivity contribution in [1.82, 2.24) is 9.80 Å². The minimum Gasteiger partial charge on any atom is -0.475 e. The maximum absolute atomic E-state index is 11.5. The maximum Gasteiger partial charge on any atom is 0.490 e. The lowest BCUT2D eigenvalue weighted by Crippen LogP contribution is -2.43. The summed E-state index contributed by atoms with van der Waals surface area (Å²) in [4.78, 5) is 24.4. The average Bonchev–Trinajstić information content (AvgIpc) is 3.27. The molecule has 0 aliphatic carbocycles. The number of hydrogen-bond acceptors (Lipinski definition) is 6. The molecule has 1 aromatic heterocycles. The highest BCUT2D eigenvalue weighted by molar-refractivity contribution is 5.76. The summed E-state index contributed by atoms with van der Waals surface area (Å²) in [6, 6.07) is 4.54. The Bertz CT molecular complexity index is 737. The van der Waals surface area contributed by atoms with Crippen LogP contribution in [0.4, 0.5) is 13.2 Å². The lowest BCUT2D eigenvalue weighted by atomic mass is 9.99. The zero-order chi connectivity index (χ0) is 23.2. The Morgan fingerprint density at radius 1 is 1.26 bits per heavy atom. The van der Waals surface area contributed by atoms with E-state index < -0.39 is 12.1 Å². The molecule has 11 heteroatoms. The molecule has 1 aromatic rings. The van der Waals surface area contributed by atoms with Gasteiger partial charge in [-0.15, -0.1) is 0 Å². The number of carbonyl (C=O) groups excluding carboxylic acids is 1. The number of halogens is 3. The molecule has 3 heterocycles. The maximum atomic E-state index is 11.5. The number of fused-ring (bicyclic) bond motifs is 1. The fraction of sp³-hybridized carbons (Fsp3) is 0.700. The topological polar surface area (TPSA) is 92.5 Å². The first-order valence-electron chi connectivity index (χ1n) is 10.00. The Balaban J connectivity index is 0.000000423. The van der Waals surface area contributed by atoms with E-state index in [0.29, 0.717) is 12.6 Å². The molecule has 2 aliphatic rings. The van der Waals surface area contributed by atoms with Crippen molar-refractivity contribution >= 4 is 11.9 Å². The summed E-state index contributed by atoms with van der Waals surface area (Å²) in [6.07, 6.45) is -1.57. The molecule has 1 N–H and O–H groups in total. The van der Waals surface area contributed by atoms with E-state index in [1.54, 1.807) is 19.0 Å². The van der Waals surface area contributed by atoms with Crippen LogP contribution in [0.2, 0.25) is 0 Å². The summed E-state index contributed by atoms with van der Waals surface area (Å²) >= 11 is 0. The number of aryl methyl sites for hydroxylation is 1. The van der Waals surface area contributed by atoms with Crippen LogP contribution in [0.15, 0.2) is 16.5 Å². The lowest BCUT2D eigenvalue weighted by Gasteiger charge is -2.35. The lowest BCUT2D eigenvalue weighted by molar-refractivity contribution is -0.192. The number of nitrogens with zero attached hydrogens (tertiary/aromatic N) is 2. The number of likely N-dealkylation sites (N-methyl/N-ethyl adjacent to an activating group) is 1. The fourth-order valence-corrected chi connectivity index (χ4v) is 3.58. The Labute approximate surface area is 178 Å². The van der Waals surface area contributed by atoms with Crippen LogP contribution in [0.1, 0.15) is 30.8 Å². The van der Waals surface area contributed by atoms with E-state index in [1.807, 2.05) is 13.0 Å². The van der Waals surface area contributed by atoms with E-state index in [0.717, 1.165) is 43.9 Å². The van der Waals surface area contributed by atoms with Gasteiger partial charge in [-0.25, -0.2) is 4.79 Å². The first-order valence-corrected chi connectivity index (χ1v) is 10.00. The standard InChI is InChI=1S/C18H28N2O4.C2HF3O2/c1-13-4-5-14(23-13)10-20-9-8-17-16(20)7-6-15(24-17)11-22-12-18(21)19(2)3;3-2(4,5)1(6)7/h4-5,15-17H,6-12H2,1-3H3;(H,6,7)/t15-,16-,17-;/m1./s1.